The number of hydrogen-bond donors (Lipinski definition) is 1. The number of nitrogens with one attached hydrogen (secondary N) is 1. The van der Waals surface area contributed by atoms with Crippen LogP contribution in [-0.2, 0) is 6.54 Å². The van der Waals surface area contributed by atoms with Crippen molar-refractivity contribution in [2.75, 3.05) is 0 Å². The number of hydrogen-bond acceptors (Lipinski definition) is 3. The number of aromatic nitrogens is 2. The van der Waals surface area contributed by atoms with E-state index < -0.39 is 0 Å². The molecule has 0 amide bonds. The molecule has 94 valence electrons. The minimum atomic E-state index is 0.0872. The topological polar surface area (TPSA) is 37.8 Å². The van der Waals surface area contributed by atoms with Gasteiger partial charge in [-0.05, 0) is 47.1 Å². The lowest BCUT2D eigenvalue weighted by atomic mass is 10.2. The Labute approximate surface area is 120 Å². The summed E-state index contributed by atoms with van der Waals surface area (Å²) >= 11 is 9.46. The van der Waals surface area contributed by atoms with Crippen LogP contribution in [0.3, 0.4) is 0 Å². The van der Waals surface area contributed by atoms with Crippen molar-refractivity contribution in [2.24, 2.45) is 0 Å². The van der Waals surface area contributed by atoms with Crippen molar-refractivity contribution in [3.8, 4) is 0 Å². The molecule has 18 heavy (non-hydrogen) atoms. The van der Waals surface area contributed by atoms with Gasteiger partial charge in [0.05, 0.1) is 16.4 Å². The first kappa shape index (κ1) is 13.5. The highest BCUT2D eigenvalue weighted by molar-refractivity contribution is 9.10. The van der Waals surface area contributed by atoms with Gasteiger partial charge in [-0.1, -0.05) is 11.6 Å². The van der Waals surface area contributed by atoms with Gasteiger partial charge in [0.1, 0.15) is 0 Å². The molecule has 2 aromatic rings. The smallest absolute Gasteiger partial charge is 0.0756 e. The van der Waals surface area contributed by atoms with E-state index in [0.29, 0.717) is 11.6 Å². The second-order valence-electron chi connectivity index (χ2n) is 3.94. The van der Waals surface area contributed by atoms with Crippen molar-refractivity contribution in [1.29, 1.82) is 0 Å². The third kappa shape index (κ3) is 3.51. The van der Waals surface area contributed by atoms with Crippen LogP contribution in [0.2, 0.25) is 5.02 Å². The highest BCUT2D eigenvalue weighted by Crippen LogP contribution is 2.19. The molecular formula is C13H13BrClN3. The summed E-state index contributed by atoms with van der Waals surface area (Å²) in [6, 6.07) is 7.71. The Morgan fingerprint density at radius 1 is 1.33 bits per heavy atom. The van der Waals surface area contributed by atoms with Gasteiger partial charge in [-0.25, -0.2) is 0 Å². The van der Waals surface area contributed by atoms with E-state index in [4.69, 9.17) is 11.6 Å². The molecule has 0 spiro atoms. The molecule has 2 heterocycles. The lowest BCUT2D eigenvalue weighted by Crippen LogP contribution is -2.20. The Morgan fingerprint density at radius 3 is 2.83 bits per heavy atom. The van der Waals surface area contributed by atoms with Crippen molar-refractivity contribution >= 4 is 27.5 Å². The Kier molecular flexibility index (Phi) is 4.69. The van der Waals surface area contributed by atoms with E-state index in [1.807, 2.05) is 31.2 Å². The molecule has 0 radical (unpaired) electrons. The van der Waals surface area contributed by atoms with Crippen molar-refractivity contribution in [2.45, 2.75) is 19.5 Å². The third-order valence-electron chi connectivity index (χ3n) is 2.58. The number of rotatable bonds is 4. The SMILES string of the molecule is C[C@@H](NCc1ccc(Br)cn1)c1ncccc1Cl. The maximum Gasteiger partial charge on any atom is 0.0756 e. The van der Waals surface area contributed by atoms with E-state index in [1.165, 1.54) is 0 Å². The molecule has 0 aromatic carbocycles. The first-order chi connectivity index (χ1) is 8.66. The second-order valence-corrected chi connectivity index (χ2v) is 5.26. The number of nitrogens with zero attached hydrogens (tertiary/aromatic N) is 2. The molecule has 0 aliphatic heterocycles. The van der Waals surface area contributed by atoms with Gasteiger partial charge in [0.25, 0.3) is 0 Å². The van der Waals surface area contributed by atoms with Crippen LogP contribution in [-0.4, -0.2) is 9.97 Å². The summed E-state index contributed by atoms with van der Waals surface area (Å²) in [5.41, 5.74) is 1.84. The van der Waals surface area contributed by atoms with Crippen LogP contribution in [0.15, 0.2) is 41.1 Å². The first-order valence-electron chi connectivity index (χ1n) is 5.61. The molecule has 0 saturated heterocycles. The van der Waals surface area contributed by atoms with Gasteiger partial charge < -0.3 is 5.32 Å². The fraction of sp³-hybridized carbons (Fsp3) is 0.231. The molecule has 2 rings (SSSR count). The molecule has 2 aromatic heterocycles. The van der Waals surface area contributed by atoms with Crippen LogP contribution < -0.4 is 5.32 Å². The highest BCUT2D eigenvalue weighted by atomic mass is 79.9. The minimum Gasteiger partial charge on any atom is -0.303 e. The maximum atomic E-state index is 6.10. The van der Waals surface area contributed by atoms with Crippen molar-refractivity contribution in [3.63, 3.8) is 0 Å². The molecule has 5 heteroatoms. The van der Waals surface area contributed by atoms with E-state index in [2.05, 4.69) is 31.2 Å². The second kappa shape index (κ2) is 6.27. The number of halogens is 2. The zero-order valence-corrected chi connectivity index (χ0v) is 12.2. The summed E-state index contributed by atoms with van der Waals surface area (Å²) in [4.78, 5) is 8.59. The summed E-state index contributed by atoms with van der Waals surface area (Å²) in [5, 5.41) is 4.03. The average molecular weight is 327 g/mol. The molecule has 0 fully saturated rings. The first-order valence-corrected chi connectivity index (χ1v) is 6.78. The molecule has 0 saturated carbocycles. The largest absolute Gasteiger partial charge is 0.303 e. The minimum absolute atomic E-state index is 0.0872. The van der Waals surface area contributed by atoms with Crippen LogP contribution >= 0.6 is 27.5 Å². The standard InChI is InChI=1S/C13H13BrClN3/c1-9(13-12(15)3-2-6-16-13)17-8-11-5-4-10(14)7-18-11/h2-7,9,17H,8H2,1H3/t9-/m1/s1. The van der Waals surface area contributed by atoms with Gasteiger partial charge in [-0.15, -0.1) is 0 Å². The maximum absolute atomic E-state index is 6.10. The Bertz CT molecular complexity index is 516. The van der Waals surface area contributed by atoms with Crippen LogP contribution in [0.4, 0.5) is 0 Å². The molecule has 3 nitrogen and oxygen atoms in total. The lowest BCUT2D eigenvalue weighted by molar-refractivity contribution is 0.555. The summed E-state index contributed by atoms with van der Waals surface area (Å²) in [6.45, 7) is 2.72. The van der Waals surface area contributed by atoms with Crippen LogP contribution in [0.5, 0.6) is 0 Å². The van der Waals surface area contributed by atoms with Crippen LogP contribution in [0.25, 0.3) is 0 Å². The lowest BCUT2D eigenvalue weighted by Gasteiger charge is -2.14. The zero-order chi connectivity index (χ0) is 13.0. The molecule has 0 unspecified atom stereocenters. The molecule has 0 bridgehead atoms. The molecule has 0 aliphatic carbocycles. The molecule has 1 N–H and O–H groups in total. The molecular weight excluding hydrogens is 314 g/mol. The zero-order valence-electron chi connectivity index (χ0n) is 9.90. The number of pyridine rings is 2. The van der Waals surface area contributed by atoms with Crippen LogP contribution in [0.1, 0.15) is 24.4 Å². The van der Waals surface area contributed by atoms with Gasteiger partial charge in [-0.3, -0.25) is 9.97 Å². The normalized spacial score (nSPS) is 12.4. The average Bonchev–Trinajstić information content (AvgIpc) is 2.38. The van der Waals surface area contributed by atoms with E-state index >= 15 is 0 Å². The molecule has 1 atom stereocenters. The van der Waals surface area contributed by atoms with Crippen molar-refractivity contribution in [3.05, 3.63) is 57.5 Å². The fourth-order valence-electron chi connectivity index (χ4n) is 1.58. The van der Waals surface area contributed by atoms with E-state index in [9.17, 15) is 0 Å². The fourth-order valence-corrected chi connectivity index (χ4v) is 2.10. The Balaban J connectivity index is 1.98. The summed E-state index contributed by atoms with van der Waals surface area (Å²) in [5.74, 6) is 0. The Hall–Kier alpha value is -0.970. The predicted octanol–water partition coefficient (Wildman–Crippen LogP) is 3.74. The van der Waals surface area contributed by atoms with E-state index in [-0.39, 0.29) is 6.04 Å². The Morgan fingerprint density at radius 2 is 2.17 bits per heavy atom. The van der Waals surface area contributed by atoms with Gasteiger partial charge >= 0.3 is 0 Å². The predicted molar refractivity (Wildman–Crippen MR) is 76.4 cm³/mol. The summed E-state index contributed by atoms with van der Waals surface area (Å²) in [7, 11) is 0. The monoisotopic (exact) mass is 325 g/mol. The van der Waals surface area contributed by atoms with Crippen molar-refractivity contribution < 1.29 is 0 Å². The van der Waals surface area contributed by atoms with Gasteiger partial charge in [0.2, 0.25) is 0 Å². The quantitative estimate of drug-likeness (QED) is 0.930. The summed E-state index contributed by atoms with van der Waals surface area (Å²) < 4.78 is 0.979. The van der Waals surface area contributed by atoms with Gasteiger partial charge in [-0.2, -0.15) is 0 Å². The van der Waals surface area contributed by atoms with Gasteiger partial charge in [0, 0.05) is 29.5 Å². The van der Waals surface area contributed by atoms with Crippen molar-refractivity contribution in [1.82, 2.24) is 15.3 Å². The van der Waals surface area contributed by atoms with Crippen LogP contribution in [0, 0.1) is 0 Å². The van der Waals surface area contributed by atoms with E-state index in [1.54, 1.807) is 12.4 Å². The highest BCUT2D eigenvalue weighted by Gasteiger charge is 2.10. The summed E-state index contributed by atoms with van der Waals surface area (Å²) in [6.07, 6.45) is 3.53. The van der Waals surface area contributed by atoms with E-state index in [0.717, 1.165) is 15.9 Å². The third-order valence-corrected chi connectivity index (χ3v) is 3.36. The van der Waals surface area contributed by atoms with Gasteiger partial charge in [0.15, 0.2) is 0 Å². The molecule has 0 aliphatic rings.